The van der Waals surface area contributed by atoms with Crippen LogP contribution in [0.15, 0.2) is 16.7 Å². The average molecular weight is 295 g/mol. The molecule has 0 unspecified atom stereocenters. The highest BCUT2D eigenvalue weighted by molar-refractivity contribution is 5.95. The molecule has 2 heterocycles. The number of urea groups is 1. The second-order valence-electron chi connectivity index (χ2n) is 4.62. The van der Waals surface area contributed by atoms with Crippen LogP contribution in [0.2, 0.25) is 0 Å². The molecule has 0 spiro atoms. The summed E-state index contributed by atoms with van der Waals surface area (Å²) < 4.78 is 4.99. The van der Waals surface area contributed by atoms with Crippen molar-refractivity contribution >= 4 is 17.9 Å². The Balaban J connectivity index is 1.93. The minimum Gasteiger partial charge on any atom is -0.478 e. The Bertz CT molecular complexity index is 546. The van der Waals surface area contributed by atoms with E-state index in [2.05, 4.69) is 5.32 Å². The summed E-state index contributed by atoms with van der Waals surface area (Å²) in [5, 5.41) is 11.5. The maximum absolute atomic E-state index is 12.2. The highest BCUT2D eigenvalue weighted by Crippen LogP contribution is 2.13. The summed E-state index contributed by atoms with van der Waals surface area (Å²) >= 11 is 0. The van der Waals surface area contributed by atoms with E-state index >= 15 is 0 Å². The summed E-state index contributed by atoms with van der Waals surface area (Å²) in [4.78, 5) is 37.7. The van der Waals surface area contributed by atoms with Gasteiger partial charge >= 0.3 is 12.0 Å². The monoisotopic (exact) mass is 295 g/mol. The van der Waals surface area contributed by atoms with Gasteiger partial charge in [0.15, 0.2) is 5.76 Å². The van der Waals surface area contributed by atoms with Crippen LogP contribution in [-0.2, 0) is 0 Å². The molecule has 1 aliphatic heterocycles. The fraction of sp³-hybridized carbons (Fsp3) is 0.462. The van der Waals surface area contributed by atoms with E-state index in [4.69, 9.17) is 9.52 Å². The lowest BCUT2D eigenvalue weighted by Gasteiger charge is -2.34. The molecule has 114 valence electrons. The summed E-state index contributed by atoms with van der Waals surface area (Å²) in [7, 11) is 0. The van der Waals surface area contributed by atoms with Crippen molar-refractivity contribution in [1.29, 1.82) is 0 Å². The maximum atomic E-state index is 12.2. The molecule has 1 aliphatic rings. The Labute approximate surface area is 121 Å². The van der Waals surface area contributed by atoms with Crippen molar-refractivity contribution in [3.8, 4) is 0 Å². The third-order valence-electron chi connectivity index (χ3n) is 3.24. The second-order valence-corrected chi connectivity index (χ2v) is 4.62. The number of carboxylic acid groups (broad SMARTS) is 1. The number of nitrogens with one attached hydrogen (secondary N) is 1. The predicted molar refractivity (Wildman–Crippen MR) is 72.2 cm³/mol. The minimum absolute atomic E-state index is 0.00106. The van der Waals surface area contributed by atoms with E-state index in [-0.39, 0.29) is 23.3 Å². The van der Waals surface area contributed by atoms with Crippen molar-refractivity contribution in [2.24, 2.45) is 0 Å². The van der Waals surface area contributed by atoms with E-state index in [1.54, 1.807) is 9.80 Å². The lowest BCUT2D eigenvalue weighted by atomic mass is 10.2. The summed E-state index contributed by atoms with van der Waals surface area (Å²) in [6, 6.07) is 1.07. The zero-order valence-electron chi connectivity index (χ0n) is 11.7. The normalized spacial score (nSPS) is 14.9. The lowest BCUT2D eigenvalue weighted by molar-refractivity contribution is 0.0633. The second kappa shape index (κ2) is 6.29. The standard InChI is InChI=1S/C13H17N3O5/c1-2-14-13(20)16-5-3-15(4-6-16)11(17)10-7-9(8-21-10)12(18)19/h7-8H,2-6H2,1H3,(H,14,20)(H,18,19). The molecule has 0 atom stereocenters. The molecule has 1 aromatic heterocycles. The van der Waals surface area contributed by atoms with Gasteiger partial charge in [0, 0.05) is 38.8 Å². The number of hydrogen-bond donors (Lipinski definition) is 2. The maximum Gasteiger partial charge on any atom is 0.338 e. The molecule has 1 aromatic rings. The first-order valence-corrected chi connectivity index (χ1v) is 6.66. The number of furan rings is 1. The summed E-state index contributed by atoms with van der Waals surface area (Å²) in [5.41, 5.74) is -0.0562. The van der Waals surface area contributed by atoms with Crippen molar-refractivity contribution in [2.45, 2.75) is 6.92 Å². The number of carboxylic acids is 1. The fourth-order valence-electron chi connectivity index (χ4n) is 2.09. The average Bonchev–Trinajstić information content (AvgIpc) is 2.97. The molecule has 2 rings (SSSR count). The van der Waals surface area contributed by atoms with Crippen molar-refractivity contribution in [3.05, 3.63) is 23.7 Å². The van der Waals surface area contributed by atoms with Gasteiger partial charge in [0.05, 0.1) is 5.56 Å². The number of amides is 3. The minimum atomic E-state index is -1.14. The van der Waals surface area contributed by atoms with E-state index in [9.17, 15) is 14.4 Å². The first kappa shape index (κ1) is 14.9. The van der Waals surface area contributed by atoms with Gasteiger partial charge in [-0.3, -0.25) is 4.79 Å². The zero-order chi connectivity index (χ0) is 15.4. The first-order valence-electron chi connectivity index (χ1n) is 6.66. The molecule has 1 saturated heterocycles. The van der Waals surface area contributed by atoms with Crippen LogP contribution < -0.4 is 5.32 Å². The smallest absolute Gasteiger partial charge is 0.338 e. The Hall–Kier alpha value is -2.51. The lowest BCUT2D eigenvalue weighted by Crippen LogP contribution is -2.53. The quantitative estimate of drug-likeness (QED) is 0.843. The molecular formula is C13H17N3O5. The van der Waals surface area contributed by atoms with Crippen LogP contribution in [0, 0.1) is 0 Å². The van der Waals surface area contributed by atoms with Crippen LogP contribution in [0.3, 0.4) is 0 Å². The molecule has 0 aliphatic carbocycles. The Morgan fingerprint density at radius 1 is 1.24 bits per heavy atom. The van der Waals surface area contributed by atoms with Gasteiger partial charge in [-0.05, 0) is 6.92 Å². The van der Waals surface area contributed by atoms with Gasteiger partial charge in [-0.1, -0.05) is 0 Å². The number of carbonyl (C=O) groups excluding carboxylic acids is 2. The van der Waals surface area contributed by atoms with E-state index in [1.165, 1.54) is 6.07 Å². The summed E-state index contributed by atoms with van der Waals surface area (Å²) in [6.45, 7) is 4.04. The van der Waals surface area contributed by atoms with E-state index in [0.717, 1.165) is 6.26 Å². The van der Waals surface area contributed by atoms with E-state index in [1.807, 2.05) is 6.92 Å². The molecule has 3 amide bonds. The first-order chi connectivity index (χ1) is 10.0. The number of rotatable bonds is 3. The van der Waals surface area contributed by atoms with Crippen LogP contribution in [0.5, 0.6) is 0 Å². The number of carbonyl (C=O) groups is 3. The van der Waals surface area contributed by atoms with Gasteiger partial charge in [-0.2, -0.15) is 0 Å². The summed E-state index contributed by atoms with van der Waals surface area (Å²) in [5.74, 6) is -1.50. The van der Waals surface area contributed by atoms with E-state index in [0.29, 0.717) is 32.7 Å². The highest BCUT2D eigenvalue weighted by Gasteiger charge is 2.26. The molecule has 2 N–H and O–H groups in total. The van der Waals surface area contributed by atoms with Gasteiger partial charge in [-0.15, -0.1) is 0 Å². The number of nitrogens with zero attached hydrogens (tertiary/aromatic N) is 2. The number of hydrogen-bond acceptors (Lipinski definition) is 4. The fourth-order valence-corrected chi connectivity index (χ4v) is 2.09. The van der Waals surface area contributed by atoms with Crippen LogP contribution in [0.4, 0.5) is 4.79 Å². The Morgan fingerprint density at radius 3 is 2.38 bits per heavy atom. The van der Waals surface area contributed by atoms with Crippen LogP contribution >= 0.6 is 0 Å². The van der Waals surface area contributed by atoms with E-state index < -0.39 is 5.97 Å². The number of piperazine rings is 1. The van der Waals surface area contributed by atoms with Crippen molar-refractivity contribution in [3.63, 3.8) is 0 Å². The van der Waals surface area contributed by atoms with Gasteiger partial charge in [0.2, 0.25) is 0 Å². The number of aromatic carboxylic acids is 1. The summed E-state index contributed by atoms with van der Waals surface area (Å²) in [6.07, 6.45) is 1.04. The largest absolute Gasteiger partial charge is 0.478 e. The highest BCUT2D eigenvalue weighted by atomic mass is 16.4. The zero-order valence-corrected chi connectivity index (χ0v) is 11.7. The van der Waals surface area contributed by atoms with Gasteiger partial charge in [-0.25, -0.2) is 9.59 Å². The van der Waals surface area contributed by atoms with Crippen LogP contribution in [-0.4, -0.2) is 65.5 Å². The molecule has 0 aromatic carbocycles. The van der Waals surface area contributed by atoms with Crippen molar-refractivity contribution in [1.82, 2.24) is 15.1 Å². The SMILES string of the molecule is CCNC(=O)N1CCN(C(=O)c2cc(C(=O)O)co2)CC1. The van der Waals surface area contributed by atoms with Gasteiger partial charge in [0.25, 0.3) is 5.91 Å². The Morgan fingerprint density at radius 2 is 1.86 bits per heavy atom. The molecule has 8 heteroatoms. The third kappa shape index (κ3) is 3.33. The van der Waals surface area contributed by atoms with Crippen LogP contribution in [0.1, 0.15) is 27.8 Å². The molecular weight excluding hydrogens is 278 g/mol. The topological polar surface area (TPSA) is 103 Å². The molecule has 1 fully saturated rings. The van der Waals surface area contributed by atoms with Gasteiger partial charge in [0.1, 0.15) is 6.26 Å². The van der Waals surface area contributed by atoms with Gasteiger partial charge < -0.3 is 24.6 Å². The molecule has 0 saturated carbocycles. The predicted octanol–water partition coefficient (Wildman–Crippen LogP) is 0.465. The molecule has 0 radical (unpaired) electrons. The van der Waals surface area contributed by atoms with Crippen molar-refractivity contribution in [2.75, 3.05) is 32.7 Å². The third-order valence-corrected chi connectivity index (χ3v) is 3.24. The Kier molecular flexibility index (Phi) is 4.46. The van der Waals surface area contributed by atoms with Crippen LogP contribution in [0.25, 0.3) is 0 Å². The molecule has 21 heavy (non-hydrogen) atoms. The van der Waals surface area contributed by atoms with Crippen molar-refractivity contribution < 1.29 is 23.9 Å². The molecule has 0 bridgehead atoms. The molecule has 8 nitrogen and oxygen atoms in total.